The Labute approximate surface area is 152 Å². The van der Waals surface area contributed by atoms with Crippen LogP contribution in [-0.2, 0) is 14.3 Å². The van der Waals surface area contributed by atoms with Crippen LogP contribution in [0.5, 0.6) is 0 Å². The number of carboxylic acids is 1. The molecule has 1 aromatic rings. The Morgan fingerprint density at radius 2 is 1.88 bits per heavy atom. The monoisotopic (exact) mass is 360 g/mol. The highest BCUT2D eigenvalue weighted by Gasteiger charge is 2.49. The minimum atomic E-state index is -1.08. The van der Waals surface area contributed by atoms with Crippen LogP contribution in [-0.4, -0.2) is 70.1 Å². The molecule has 1 N–H and O–H groups in total. The van der Waals surface area contributed by atoms with Gasteiger partial charge in [-0.05, 0) is 38.8 Å². The van der Waals surface area contributed by atoms with E-state index in [1.165, 1.54) is 4.90 Å². The number of hydrogen-bond acceptors (Lipinski definition) is 4. The molecule has 0 spiro atoms. The van der Waals surface area contributed by atoms with E-state index in [9.17, 15) is 19.5 Å². The number of rotatable bonds is 3. The van der Waals surface area contributed by atoms with E-state index in [0.29, 0.717) is 25.1 Å². The molecule has 3 rings (SSSR count). The fourth-order valence-corrected chi connectivity index (χ4v) is 3.84. The van der Waals surface area contributed by atoms with Gasteiger partial charge in [-0.1, -0.05) is 18.2 Å². The summed E-state index contributed by atoms with van der Waals surface area (Å²) in [6.07, 6.45) is -0.0974. The Kier molecular flexibility index (Phi) is 5.00. The molecule has 2 aliphatic heterocycles. The fraction of sp³-hybridized carbons (Fsp3) is 0.526. The molecule has 7 nitrogen and oxygen atoms in total. The summed E-state index contributed by atoms with van der Waals surface area (Å²) in [6, 6.07) is 8.91. The predicted molar refractivity (Wildman–Crippen MR) is 93.7 cm³/mol. The van der Waals surface area contributed by atoms with Gasteiger partial charge in [0.1, 0.15) is 5.54 Å². The Balaban J connectivity index is 1.82. The average Bonchev–Trinajstić information content (AvgIpc) is 3.03. The number of morpholine rings is 1. The number of ether oxygens (including phenoxy) is 1. The zero-order valence-corrected chi connectivity index (χ0v) is 15.1. The minimum Gasteiger partial charge on any atom is -0.479 e. The van der Waals surface area contributed by atoms with E-state index < -0.39 is 17.6 Å². The van der Waals surface area contributed by atoms with Crippen LogP contribution in [0.2, 0.25) is 0 Å². The second-order valence-electron chi connectivity index (χ2n) is 7.18. The highest BCUT2D eigenvalue weighted by atomic mass is 16.5. The zero-order chi connectivity index (χ0) is 18.9. The summed E-state index contributed by atoms with van der Waals surface area (Å²) in [7, 11) is 0. The van der Waals surface area contributed by atoms with Gasteiger partial charge in [0.15, 0.2) is 6.10 Å². The van der Waals surface area contributed by atoms with Crippen molar-refractivity contribution < 1.29 is 24.2 Å². The van der Waals surface area contributed by atoms with E-state index in [4.69, 9.17) is 4.74 Å². The standard InChI is InChI=1S/C19H24N2O5/c1-13-11-20(12-15(26-13)17(23)24)18(25)19(2)9-6-10-21(19)16(22)14-7-4-3-5-8-14/h3-5,7-8,13,15H,6,9-12H2,1-2H3,(H,23,24)/t13-,15?,19?/m1/s1. The average molecular weight is 360 g/mol. The molecule has 2 unspecified atom stereocenters. The zero-order valence-electron chi connectivity index (χ0n) is 15.1. The van der Waals surface area contributed by atoms with Gasteiger partial charge in [-0.25, -0.2) is 4.79 Å². The maximum atomic E-state index is 13.3. The number of aliphatic carboxylic acids is 1. The van der Waals surface area contributed by atoms with Crippen LogP contribution in [0.4, 0.5) is 0 Å². The first-order chi connectivity index (χ1) is 12.3. The number of benzene rings is 1. The highest BCUT2D eigenvalue weighted by molar-refractivity contribution is 5.99. The topological polar surface area (TPSA) is 87.2 Å². The third-order valence-corrected chi connectivity index (χ3v) is 5.19. The van der Waals surface area contributed by atoms with Gasteiger partial charge >= 0.3 is 5.97 Å². The van der Waals surface area contributed by atoms with E-state index in [2.05, 4.69) is 0 Å². The van der Waals surface area contributed by atoms with Crippen LogP contribution >= 0.6 is 0 Å². The van der Waals surface area contributed by atoms with Gasteiger partial charge in [0.05, 0.1) is 12.6 Å². The first-order valence-corrected chi connectivity index (χ1v) is 8.87. The van der Waals surface area contributed by atoms with E-state index in [-0.39, 0.29) is 24.5 Å². The van der Waals surface area contributed by atoms with Gasteiger partial charge in [0, 0.05) is 18.7 Å². The fourth-order valence-electron chi connectivity index (χ4n) is 3.84. The summed E-state index contributed by atoms with van der Waals surface area (Å²) in [5.74, 6) is -1.46. The molecule has 0 aromatic heterocycles. The smallest absolute Gasteiger partial charge is 0.334 e. The van der Waals surface area contributed by atoms with Crippen LogP contribution in [0.3, 0.4) is 0 Å². The molecule has 0 saturated carbocycles. The molecule has 0 aliphatic carbocycles. The molecule has 2 heterocycles. The first kappa shape index (κ1) is 18.4. The summed E-state index contributed by atoms with van der Waals surface area (Å²) in [4.78, 5) is 40.6. The van der Waals surface area contributed by atoms with Gasteiger partial charge < -0.3 is 19.6 Å². The van der Waals surface area contributed by atoms with E-state index in [1.54, 1.807) is 43.0 Å². The lowest BCUT2D eigenvalue weighted by atomic mass is 9.95. The molecule has 0 radical (unpaired) electrons. The van der Waals surface area contributed by atoms with E-state index >= 15 is 0 Å². The Bertz CT molecular complexity index is 707. The molecule has 0 bridgehead atoms. The lowest BCUT2D eigenvalue weighted by Gasteiger charge is -2.42. The molecule has 2 fully saturated rings. The third kappa shape index (κ3) is 3.31. The Morgan fingerprint density at radius 1 is 1.19 bits per heavy atom. The molecule has 140 valence electrons. The maximum absolute atomic E-state index is 13.3. The van der Waals surface area contributed by atoms with Crippen molar-refractivity contribution in [2.24, 2.45) is 0 Å². The Morgan fingerprint density at radius 3 is 2.54 bits per heavy atom. The van der Waals surface area contributed by atoms with Crippen molar-refractivity contribution in [2.45, 2.75) is 44.4 Å². The molecule has 3 atom stereocenters. The normalized spacial score (nSPS) is 28.8. The largest absolute Gasteiger partial charge is 0.479 e. The van der Waals surface area contributed by atoms with Crippen molar-refractivity contribution in [1.29, 1.82) is 0 Å². The van der Waals surface area contributed by atoms with Gasteiger partial charge in [-0.15, -0.1) is 0 Å². The van der Waals surface area contributed by atoms with E-state index in [0.717, 1.165) is 6.42 Å². The van der Waals surface area contributed by atoms with Gasteiger partial charge in [-0.2, -0.15) is 0 Å². The molecule has 2 amide bonds. The molecule has 2 saturated heterocycles. The van der Waals surface area contributed by atoms with Crippen molar-refractivity contribution in [3.63, 3.8) is 0 Å². The molecule has 1 aromatic carbocycles. The number of likely N-dealkylation sites (tertiary alicyclic amines) is 1. The van der Waals surface area contributed by atoms with Gasteiger partial charge in [0.2, 0.25) is 5.91 Å². The predicted octanol–water partition coefficient (Wildman–Crippen LogP) is 1.38. The van der Waals surface area contributed by atoms with Crippen LogP contribution in [0.1, 0.15) is 37.0 Å². The van der Waals surface area contributed by atoms with Crippen LogP contribution in [0, 0.1) is 0 Å². The van der Waals surface area contributed by atoms with Crippen molar-refractivity contribution in [3.05, 3.63) is 35.9 Å². The summed E-state index contributed by atoms with van der Waals surface area (Å²) in [5, 5.41) is 9.25. The Hall–Kier alpha value is -2.41. The van der Waals surface area contributed by atoms with Crippen molar-refractivity contribution in [2.75, 3.05) is 19.6 Å². The van der Waals surface area contributed by atoms with Crippen molar-refractivity contribution in [3.8, 4) is 0 Å². The van der Waals surface area contributed by atoms with Crippen molar-refractivity contribution >= 4 is 17.8 Å². The van der Waals surface area contributed by atoms with Crippen LogP contribution in [0.15, 0.2) is 30.3 Å². The SMILES string of the molecule is C[C@@H]1CN(C(=O)C2(C)CCCN2C(=O)c2ccccc2)CC(C(=O)O)O1. The molecule has 2 aliphatic rings. The summed E-state index contributed by atoms with van der Waals surface area (Å²) in [6.45, 7) is 4.36. The number of hydrogen-bond donors (Lipinski definition) is 1. The first-order valence-electron chi connectivity index (χ1n) is 8.87. The lowest BCUT2D eigenvalue weighted by molar-refractivity contribution is -0.169. The molecular weight excluding hydrogens is 336 g/mol. The summed E-state index contributed by atoms with van der Waals surface area (Å²) >= 11 is 0. The van der Waals surface area contributed by atoms with Gasteiger partial charge in [0.25, 0.3) is 5.91 Å². The van der Waals surface area contributed by atoms with Crippen molar-refractivity contribution in [1.82, 2.24) is 9.80 Å². The second-order valence-corrected chi connectivity index (χ2v) is 7.18. The summed E-state index contributed by atoms with van der Waals surface area (Å²) in [5.41, 5.74) is -0.417. The summed E-state index contributed by atoms with van der Waals surface area (Å²) < 4.78 is 5.39. The molecule has 26 heavy (non-hydrogen) atoms. The molecular formula is C19H24N2O5. The molecule has 7 heteroatoms. The number of carbonyl (C=O) groups excluding carboxylic acids is 2. The minimum absolute atomic E-state index is 0.00145. The van der Waals surface area contributed by atoms with E-state index in [1.807, 2.05) is 6.07 Å². The number of carboxylic acid groups (broad SMARTS) is 1. The number of nitrogens with zero attached hydrogens (tertiary/aromatic N) is 2. The van der Waals surface area contributed by atoms with Gasteiger partial charge in [-0.3, -0.25) is 9.59 Å². The maximum Gasteiger partial charge on any atom is 0.334 e. The number of carbonyl (C=O) groups is 3. The van der Waals surface area contributed by atoms with Crippen LogP contribution < -0.4 is 0 Å². The number of amides is 2. The second kappa shape index (κ2) is 7.07. The van der Waals surface area contributed by atoms with Crippen LogP contribution in [0.25, 0.3) is 0 Å². The quantitative estimate of drug-likeness (QED) is 0.880. The third-order valence-electron chi connectivity index (χ3n) is 5.19. The lowest BCUT2D eigenvalue weighted by Crippen LogP contribution is -2.61. The highest BCUT2D eigenvalue weighted by Crippen LogP contribution is 2.33.